The summed E-state index contributed by atoms with van der Waals surface area (Å²) in [6.07, 6.45) is 1.80. The molecule has 0 aromatic carbocycles. The molecule has 0 radical (unpaired) electrons. The fraction of sp³-hybridized carbons (Fsp3) is 0.500. The van der Waals surface area contributed by atoms with Crippen LogP contribution in [0.5, 0.6) is 0 Å². The lowest BCUT2D eigenvalue weighted by atomic mass is 10.1. The van der Waals surface area contributed by atoms with Crippen LogP contribution in [0.3, 0.4) is 0 Å². The fourth-order valence-electron chi connectivity index (χ4n) is 3.05. The highest BCUT2D eigenvalue weighted by atomic mass is 35.5. The molecule has 0 bridgehead atoms. The normalized spacial score (nSPS) is 21.8. The molecule has 1 saturated heterocycles. The van der Waals surface area contributed by atoms with E-state index in [9.17, 15) is 0 Å². The Balaban J connectivity index is 0.00000176. The molecule has 0 amide bonds. The van der Waals surface area contributed by atoms with E-state index >= 15 is 0 Å². The van der Waals surface area contributed by atoms with Gasteiger partial charge in [-0.1, -0.05) is 13.0 Å². The Morgan fingerprint density at radius 1 is 1.27 bits per heavy atom. The van der Waals surface area contributed by atoms with Gasteiger partial charge in [0.05, 0.1) is 5.69 Å². The van der Waals surface area contributed by atoms with Gasteiger partial charge in [-0.05, 0) is 31.9 Å². The van der Waals surface area contributed by atoms with E-state index in [-0.39, 0.29) is 18.4 Å². The molecule has 0 spiro atoms. The molecule has 120 valence electrons. The highest BCUT2D eigenvalue weighted by molar-refractivity contribution is 5.85. The number of likely N-dealkylation sites (tertiary alicyclic amines) is 1. The van der Waals surface area contributed by atoms with E-state index in [1.54, 1.807) is 6.20 Å². The summed E-state index contributed by atoms with van der Waals surface area (Å²) in [6.45, 7) is 9.36. The Labute approximate surface area is 137 Å². The van der Waals surface area contributed by atoms with Gasteiger partial charge in [-0.15, -0.1) is 12.4 Å². The van der Waals surface area contributed by atoms with E-state index in [4.69, 9.17) is 5.73 Å². The molecular formula is C16H24ClN5. The van der Waals surface area contributed by atoms with E-state index in [0.717, 1.165) is 31.1 Å². The van der Waals surface area contributed by atoms with Crippen molar-refractivity contribution in [1.82, 2.24) is 19.7 Å². The van der Waals surface area contributed by atoms with Crippen LogP contribution in [0.1, 0.15) is 23.9 Å². The standard InChI is InChI=1S/C16H23N5.ClH/c1-11-8-20(10-15(11)17)9-14-12(2)19-21(13(14)3)16-6-4-5-7-18-16;/h4-7,11,15H,8-10,17H2,1-3H3;1H. The molecule has 2 aromatic heterocycles. The molecule has 2 N–H and O–H groups in total. The molecule has 5 nitrogen and oxygen atoms in total. The van der Waals surface area contributed by atoms with Crippen molar-refractivity contribution in [3.8, 4) is 5.82 Å². The van der Waals surface area contributed by atoms with Crippen LogP contribution < -0.4 is 5.73 Å². The number of halogens is 1. The first-order chi connectivity index (χ1) is 10.1. The van der Waals surface area contributed by atoms with Crippen LogP contribution in [0.15, 0.2) is 24.4 Å². The van der Waals surface area contributed by atoms with E-state index < -0.39 is 0 Å². The summed E-state index contributed by atoms with van der Waals surface area (Å²) in [5, 5.41) is 4.66. The van der Waals surface area contributed by atoms with Crippen molar-refractivity contribution in [3.63, 3.8) is 0 Å². The Bertz CT molecular complexity index is 615. The van der Waals surface area contributed by atoms with Crippen LogP contribution in [0.2, 0.25) is 0 Å². The maximum absolute atomic E-state index is 6.12. The van der Waals surface area contributed by atoms with E-state index in [1.165, 1.54) is 11.3 Å². The first kappa shape index (κ1) is 16.9. The predicted molar refractivity (Wildman–Crippen MR) is 90.5 cm³/mol. The topological polar surface area (TPSA) is 60.0 Å². The predicted octanol–water partition coefficient (Wildman–Crippen LogP) is 2.08. The number of hydrogen-bond donors (Lipinski definition) is 1. The quantitative estimate of drug-likeness (QED) is 0.940. The summed E-state index contributed by atoms with van der Waals surface area (Å²) in [5.74, 6) is 1.44. The second-order valence-corrected chi connectivity index (χ2v) is 6.08. The first-order valence-electron chi connectivity index (χ1n) is 7.50. The average Bonchev–Trinajstić information content (AvgIpc) is 2.94. The lowest BCUT2D eigenvalue weighted by Crippen LogP contribution is -2.28. The van der Waals surface area contributed by atoms with Crippen molar-refractivity contribution in [2.45, 2.75) is 33.4 Å². The van der Waals surface area contributed by atoms with Crippen LogP contribution in [-0.4, -0.2) is 38.8 Å². The zero-order chi connectivity index (χ0) is 15.0. The Morgan fingerprint density at radius 3 is 2.64 bits per heavy atom. The third-order valence-corrected chi connectivity index (χ3v) is 4.44. The lowest BCUT2D eigenvalue weighted by Gasteiger charge is -2.15. The largest absolute Gasteiger partial charge is 0.326 e. The lowest BCUT2D eigenvalue weighted by molar-refractivity contribution is 0.317. The molecule has 2 unspecified atom stereocenters. The maximum Gasteiger partial charge on any atom is 0.153 e. The molecule has 22 heavy (non-hydrogen) atoms. The summed E-state index contributed by atoms with van der Waals surface area (Å²) in [7, 11) is 0. The number of pyridine rings is 1. The average molecular weight is 322 g/mol. The molecule has 3 heterocycles. The van der Waals surface area contributed by atoms with Crippen LogP contribution in [0, 0.1) is 19.8 Å². The fourth-order valence-corrected chi connectivity index (χ4v) is 3.05. The van der Waals surface area contributed by atoms with E-state index in [0.29, 0.717) is 5.92 Å². The third kappa shape index (κ3) is 3.16. The van der Waals surface area contributed by atoms with Gasteiger partial charge in [-0.3, -0.25) is 4.90 Å². The second kappa shape index (κ2) is 6.77. The SMILES string of the molecule is Cc1nn(-c2ccccn2)c(C)c1CN1CC(C)C(N)C1.Cl. The van der Waals surface area contributed by atoms with Crippen molar-refractivity contribution < 1.29 is 0 Å². The minimum Gasteiger partial charge on any atom is -0.326 e. The van der Waals surface area contributed by atoms with Gasteiger partial charge in [0.15, 0.2) is 5.82 Å². The summed E-state index contributed by atoms with van der Waals surface area (Å²) in [4.78, 5) is 6.81. The second-order valence-electron chi connectivity index (χ2n) is 6.08. The Kier molecular flexibility index (Phi) is 5.21. The molecule has 2 atom stereocenters. The Morgan fingerprint density at radius 2 is 2.05 bits per heavy atom. The van der Waals surface area contributed by atoms with Crippen LogP contribution in [-0.2, 0) is 6.54 Å². The number of aryl methyl sites for hydroxylation is 1. The van der Waals surface area contributed by atoms with E-state index in [1.807, 2.05) is 22.9 Å². The number of hydrogen-bond acceptors (Lipinski definition) is 4. The van der Waals surface area contributed by atoms with Crippen LogP contribution in [0.25, 0.3) is 5.82 Å². The molecule has 2 aromatic rings. The van der Waals surface area contributed by atoms with Gasteiger partial charge in [-0.25, -0.2) is 9.67 Å². The monoisotopic (exact) mass is 321 g/mol. The molecule has 1 aliphatic heterocycles. The van der Waals surface area contributed by atoms with Crippen molar-refractivity contribution in [3.05, 3.63) is 41.3 Å². The number of nitrogens with zero attached hydrogens (tertiary/aromatic N) is 4. The van der Waals surface area contributed by atoms with Crippen molar-refractivity contribution >= 4 is 12.4 Å². The summed E-state index contributed by atoms with van der Waals surface area (Å²) >= 11 is 0. The summed E-state index contributed by atoms with van der Waals surface area (Å²) in [6, 6.07) is 6.18. The van der Waals surface area contributed by atoms with Crippen molar-refractivity contribution in [2.24, 2.45) is 11.7 Å². The zero-order valence-electron chi connectivity index (χ0n) is 13.4. The zero-order valence-corrected chi connectivity index (χ0v) is 14.2. The number of aromatic nitrogens is 3. The first-order valence-corrected chi connectivity index (χ1v) is 7.50. The van der Waals surface area contributed by atoms with Crippen molar-refractivity contribution in [1.29, 1.82) is 0 Å². The van der Waals surface area contributed by atoms with Crippen LogP contribution >= 0.6 is 12.4 Å². The van der Waals surface area contributed by atoms with Gasteiger partial charge in [0.2, 0.25) is 0 Å². The molecule has 1 fully saturated rings. The minimum absolute atomic E-state index is 0. The Hall–Kier alpha value is -1.43. The molecule has 0 saturated carbocycles. The molecule has 0 aliphatic carbocycles. The molecular weight excluding hydrogens is 298 g/mol. The summed E-state index contributed by atoms with van der Waals surface area (Å²) < 4.78 is 1.93. The molecule has 3 rings (SSSR count). The van der Waals surface area contributed by atoms with Gasteiger partial charge >= 0.3 is 0 Å². The van der Waals surface area contributed by atoms with Gasteiger partial charge in [0.1, 0.15) is 0 Å². The smallest absolute Gasteiger partial charge is 0.153 e. The minimum atomic E-state index is 0. The van der Waals surface area contributed by atoms with E-state index in [2.05, 4.69) is 35.8 Å². The number of nitrogens with two attached hydrogens (primary N) is 1. The van der Waals surface area contributed by atoms with Gasteiger partial charge in [-0.2, -0.15) is 5.10 Å². The molecule has 6 heteroatoms. The maximum atomic E-state index is 6.12. The van der Waals surface area contributed by atoms with Gasteiger partial charge in [0.25, 0.3) is 0 Å². The van der Waals surface area contributed by atoms with Crippen LogP contribution in [0.4, 0.5) is 0 Å². The molecule has 1 aliphatic rings. The van der Waals surface area contributed by atoms with Gasteiger partial charge < -0.3 is 5.73 Å². The third-order valence-electron chi connectivity index (χ3n) is 4.44. The summed E-state index contributed by atoms with van der Waals surface area (Å²) in [5.41, 5.74) is 9.66. The highest BCUT2D eigenvalue weighted by Crippen LogP contribution is 2.22. The number of rotatable bonds is 3. The van der Waals surface area contributed by atoms with Crippen molar-refractivity contribution in [2.75, 3.05) is 13.1 Å². The highest BCUT2D eigenvalue weighted by Gasteiger charge is 2.27. The van der Waals surface area contributed by atoms with Gasteiger partial charge in [0, 0.05) is 43.1 Å².